The lowest BCUT2D eigenvalue weighted by molar-refractivity contribution is 0.0679. The Bertz CT molecular complexity index is 915. The van der Waals surface area contributed by atoms with Crippen molar-refractivity contribution >= 4 is 0 Å². The van der Waals surface area contributed by atoms with Crippen LogP contribution in [0.15, 0.2) is 37.1 Å². The Labute approximate surface area is 341 Å². The van der Waals surface area contributed by atoms with Crippen LogP contribution in [0.25, 0.3) is 0 Å². The Kier molecular flexibility index (Phi) is 37.6. The Morgan fingerprint density at radius 1 is 0.509 bits per heavy atom. The summed E-state index contributed by atoms with van der Waals surface area (Å²) in [5.41, 5.74) is 0. The molecule has 7 nitrogen and oxygen atoms in total. The lowest BCUT2D eigenvalue weighted by Crippen LogP contribution is -2.29. The maximum Gasteiger partial charge on any atom is 0.111 e. The third kappa shape index (κ3) is 34.0. The Balaban J connectivity index is 2.14. The van der Waals surface area contributed by atoms with Gasteiger partial charge in [-0.2, -0.15) is 0 Å². The second-order valence-electron chi connectivity index (χ2n) is 15.9. The summed E-state index contributed by atoms with van der Waals surface area (Å²) in [7, 11) is 0. The summed E-state index contributed by atoms with van der Waals surface area (Å²) in [6, 6.07) is 0. The molecule has 0 fully saturated rings. The van der Waals surface area contributed by atoms with E-state index in [1.54, 1.807) is 0 Å². The number of aromatic nitrogens is 2. The van der Waals surface area contributed by atoms with Crippen LogP contribution >= 0.6 is 0 Å². The first-order chi connectivity index (χ1) is 27.1. The summed E-state index contributed by atoms with van der Waals surface area (Å²) < 4.78 is 25.9. The second kappa shape index (κ2) is 40.4. The smallest absolute Gasteiger partial charge is 0.111 e. The number of unbranched alkanes of at least 4 members (excludes halogenated alkanes) is 22. The Morgan fingerprint density at radius 2 is 0.909 bits per heavy atom. The maximum absolute atomic E-state index is 5.95. The van der Waals surface area contributed by atoms with Gasteiger partial charge in [0.25, 0.3) is 0 Å². The molecular weight excluding hydrogens is 683 g/mol. The molecule has 0 aliphatic heterocycles. The van der Waals surface area contributed by atoms with Gasteiger partial charge in [0.15, 0.2) is 0 Å². The van der Waals surface area contributed by atoms with E-state index in [-0.39, 0.29) is 0 Å². The van der Waals surface area contributed by atoms with Gasteiger partial charge in [0.05, 0.1) is 24.7 Å². The van der Waals surface area contributed by atoms with E-state index in [0.717, 1.165) is 95.3 Å². The predicted octanol–water partition coefficient (Wildman–Crippen LogP) is 13.4. The molecule has 0 bridgehead atoms. The van der Waals surface area contributed by atoms with Crippen molar-refractivity contribution < 1.29 is 18.9 Å². The van der Waals surface area contributed by atoms with Crippen molar-refractivity contribution in [1.29, 1.82) is 0 Å². The van der Waals surface area contributed by atoms with E-state index in [1.807, 2.05) is 6.20 Å². The molecule has 0 aromatic carbocycles. The van der Waals surface area contributed by atoms with Gasteiger partial charge in [0, 0.05) is 64.5 Å². The molecule has 0 saturated carbocycles. The topological polar surface area (TPSA) is 58.0 Å². The van der Waals surface area contributed by atoms with E-state index >= 15 is 0 Å². The molecular formula is C48H91N3O4. The summed E-state index contributed by atoms with van der Waals surface area (Å²) in [6.45, 7) is 23.0. The number of hydrogen-bond acceptors (Lipinski definition) is 6. The summed E-state index contributed by atoms with van der Waals surface area (Å²) in [5.74, 6) is 2.82. The van der Waals surface area contributed by atoms with Crippen LogP contribution in [-0.4, -0.2) is 73.7 Å². The van der Waals surface area contributed by atoms with Gasteiger partial charge in [0.2, 0.25) is 0 Å². The molecule has 0 aliphatic carbocycles. The van der Waals surface area contributed by atoms with E-state index in [9.17, 15) is 0 Å². The van der Waals surface area contributed by atoms with Crippen molar-refractivity contribution in [3.05, 3.63) is 42.9 Å². The molecule has 7 heteroatoms. The highest BCUT2D eigenvalue weighted by Gasteiger charge is 2.10. The SMILES string of the molecule is C=C(CCN(CCCn1ccnc1CC)CCC(=C)OCCOCCCCCCCCCCCCCC)OCCOCCCCCCCCCCCCCC. The van der Waals surface area contributed by atoms with Gasteiger partial charge in [-0.1, -0.05) is 175 Å². The molecule has 1 aromatic rings. The molecule has 0 radical (unpaired) electrons. The van der Waals surface area contributed by atoms with Gasteiger partial charge in [-0.3, -0.25) is 0 Å². The quantitative estimate of drug-likeness (QED) is 0.0486. The summed E-state index contributed by atoms with van der Waals surface area (Å²) in [5, 5.41) is 0. The number of rotatable bonds is 45. The summed E-state index contributed by atoms with van der Waals surface area (Å²) >= 11 is 0. The molecule has 322 valence electrons. The zero-order valence-electron chi connectivity index (χ0n) is 36.9. The largest absolute Gasteiger partial charge is 0.496 e. The molecule has 0 amide bonds. The number of hydrogen-bond donors (Lipinski definition) is 0. The minimum Gasteiger partial charge on any atom is -0.496 e. The van der Waals surface area contributed by atoms with Crippen LogP contribution < -0.4 is 0 Å². The highest BCUT2D eigenvalue weighted by atomic mass is 16.5. The van der Waals surface area contributed by atoms with Gasteiger partial charge in [-0.25, -0.2) is 4.98 Å². The fourth-order valence-corrected chi connectivity index (χ4v) is 7.15. The van der Waals surface area contributed by atoms with Gasteiger partial charge >= 0.3 is 0 Å². The van der Waals surface area contributed by atoms with Crippen LogP contribution in [0.2, 0.25) is 0 Å². The van der Waals surface area contributed by atoms with Crippen LogP contribution in [0.5, 0.6) is 0 Å². The van der Waals surface area contributed by atoms with Gasteiger partial charge in [-0.15, -0.1) is 0 Å². The molecule has 0 N–H and O–H groups in total. The number of ether oxygens (including phenoxy) is 4. The van der Waals surface area contributed by atoms with Crippen molar-refractivity contribution in [2.45, 2.75) is 207 Å². The monoisotopic (exact) mass is 774 g/mol. The fraction of sp³-hybridized carbons (Fsp3) is 0.854. The van der Waals surface area contributed by atoms with Gasteiger partial charge in [0.1, 0.15) is 19.0 Å². The molecule has 55 heavy (non-hydrogen) atoms. The van der Waals surface area contributed by atoms with Crippen LogP contribution in [0, 0.1) is 0 Å². The lowest BCUT2D eigenvalue weighted by Gasteiger charge is -2.23. The third-order valence-electron chi connectivity index (χ3n) is 10.8. The van der Waals surface area contributed by atoms with Crippen molar-refractivity contribution in [3.63, 3.8) is 0 Å². The maximum atomic E-state index is 5.95. The predicted molar refractivity (Wildman–Crippen MR) is 236 cm³/mol. The van der Waals surface area contributed by atoms with Crippen LogP contribution in [0.4, 0.5) is 0 Å². The first-order valence-electron chi connectivity index (χ1n) is 23.6. The normalized spacial score (nSPS) is 11.5. The molecule has 1 aromatic heterocycles. The first kappa shape index (κ1) is 51.2. The van der Waals surface area contributed by atoms with Crippen LogP contribution in [0.1, 0.15) is 200 Å². The zero-order chi connectivity index (χ0) is 39.7. The number of nitrogens with zero attached hydrogens (tertiary/aromatic N) is 3. The first-order valence-corrected chi connectivity index (χ1v) is 23.6. The van der Waals surface area contributed by atoms with Gasteiger partial charge < -0.3 is 28.4 Å². The zero-order valence-corrected chi connectivity index (χ0v) is 36.9. The van der Waals surface area contributed by atoms with E-state index in [1.165, 1.54) is 141 Å². The van der Waals surface area contributed by atoms with Crippen molar-refractivity contribution in [3.8, 4) is 0 Å². The number of imidazole rings is 1. The van der Waals surface area contributed by atoms with Crippen LogP contribution in [0.3, 0.4) is 0 Å². The Hall–Kier alpha value is -1.83. The molecule has 0 atom stereocenters. The van der Waals surface area contributed by atoms with Crippen molar-refractivity contribution in [2.24, 2.45) is 0 Å². The lowest BCUT2D eigenvalue weighted by atomic mass is 10.1. The highest BCUT2D eigenvalue weighted by Crippen LogP contribution is 2.14. The molecule has 0 saturated heterocycles. The molecule has 1 heterocycles. The van der Waals surface area contributed by atoms with Crippen molar-refractivity contribution in [2.75, 3.05) is 59.3 Å². The summed E-state index contributed by atoms with van der Waals surface area (Å²) in [6.07, 6.45) is 40.3. The minimum absolute atomic E-state index is 0.573. The van der Waals surface area contributed by atoms with E-state index in [2.05, 4.69) is 54.6 Å². The molecule has 0 unspecified atom stereocenters. The third-order valence-corrected chi connectivity index (χ3v) is 10.8. The molecule has 1 rings (SSSR count). The second-order valence-corrected chi connectivity index (χ2v) is 15.9. The van der Waals surface area contributed by atoms with Crippen LogP contribution in [-0.2, 0) is 31.9 Å². The summed E-state index contributed by atoms with van der Waals surface area (Å²) in [4.78, 5) is 6.97. The molecule has 0 aliphatic rings. The van der Waals surface area contributed by atoms with Gasteiger partial charge in [-0.05, 0) is 25.8 Å². The van der Waals surface area contributed by atoms with E-state index < -0.39 is 0 Å². The van der Waals surface area contributed by atoms with E-state index in [4.69, 9.17) is 18.9 Å². The fourth-order valence-electron chi connectivity index (χ4n) is 7.15. The average molecular weight is 774 g/mol. The van der Waals surface area contributed by atoms with Crippen molar-refractivity contribution in [1.82, 2.24) is 14.5 Å². The molecule has 0 spiro atoms. The Morgan fingerprint density at radius 3 is 1.31 bits per heavy atom. The minimum atomic E-state index is 0.573. The highest BCUT2D eigenvalue weighted by molar-refractivity contribution is 4.92. The van der Waals surface area contributed by atoms with E-state index in [0.29, 0.717) is 26.4 Å². The average Bonchev–Trinajstić information content (AvgIpc) is 3.65. The number of aryl methyl sites for hydroxylation is 2. The standard InChI is InChI=1S/C48H91N3O4/c1-6-9-11-13-15-17-19-21-23-25-27-29-40-52-42-44-54-46(4)32-37-50(35-31-36-51-39-34-49-48(51)8-3)38-33-47(5)55-45-43-53-41-30-28-26-24-22-20-18-16-14-12-10-7-2/h34,39H,4-33,35-38,40-45H2,1-3H3.